The topological polar surface area (TPSA) is 24.9 Å². The molecule has 0 saturated carbocycles. The van der Waals surface area contributed by atoms with Crippen molar-refractivity contribution in [3.63, 3.8) is 0 Å². The van der Waals surface area contributed by atoms with E-state index in [1.807, 2.05) is 0 Å². The lowest BCUT2D eigenvalue weighted by Crippen LogP contribution is -2.14. The normalized spacial score (nSPS) is 22.2. The van der Waals surface area contributed by atoms with E-state index in [0.717, 1.165) is 19.4 Å². The Kier molecular flexibility index (Phi) is 2.47. The first kappa shape index (κ1) is 8.91. The Hall–Kier alpha value is -0.670. The van der Waals surface area contributed by atoms with Gasteiger partial charge < -0.3 is 5.32 Å². The number of nitrogens with one attached hydrogen (secondary N) is 1. The Bertz CT molecular complexity index is 310. The Morgan fingerprint density at radius 3 is 3.15 bits per heavy atom. The third-order valence-corrected chi connectivity index (χ3v) is 2.58. The minimum Gasteiger partial charge on any atom is -0.310 e. The van der Waals surface area contributed by atoms with Crippen LogP contribution in [-0.2, 0) is 0 Å². The molecule has 13 heavy (non-hydrogen) atoms. The summed E-state index contributed by atoms with van der Waals surface area (Å²) in [6, 6.07) is 1.80. The summed E-state index contributed by atoms with van der Waals surface area (Å²) >= 11 is 5.58. The van der Waals surface area contributed by atoms with Crippen molar-refractivity contribution in [1.29, 1.82) is 0 Å². The van der Waals surface area contributed by atoms with Crippen LogP contribution in [-0.4, -0.2) is 11.5 Å². The van der Waals surface area contributed by atoms with Gasteiger partial charge in [-0.05, 0) is 25.5 Å². The van der Waals surface area contributed by atoms with Gasteiger partial charge in [0.15, 0.2) is 11.0 Å². The fraction of sp³-hybridized carbons (Fsp3) is 0.444. The van der Waals surface area contributed by atoms with Crippen LogP contribution in [0.25, 0.3) is 0 Å². The van der Waals surface area contributed by atoms with Crippen LogP contribution < -0.4 is 5.32 Å². The summed E-state index contributed by atoms with van der Waals surface area (Å²) in [6.45, 7) is 0.948. The second-order valence-electron chi connectivity index (χ2n) is 3.15. The van der Waals surface area contributed by atoms with Crippen molar-refractivity contribution < 1.29 is 4.39 Å². The van der Waals surface area contributed by atoms with Gasteiger partial charge in [-0.2, -0.15) is 0 Å². The molecule has 2 nitrogen and oxygen atoms in total. The maximum atomic E-state index is 13.4. The van der Waals surface area contributed by atoms with Gasteiger partial charge in [0.05, 0.1) is 0 Å². The zero-order valence-electron chi connectivity index (χ0n) is 7.06. The molecule has 0 bridgehead atoms. The molecule has 70 valence electrons. The van der Waals surface area contributed by atoms with Crippen LogP contribution in [0.3, 0.4) is 0 Å². The Labute approximate surface area is 81.1 Å². The Morgan fingerprint density at radius 2 is 2.46 bits per heavy atom. The average molecular weight is 201 g/mol. The highest BCUT2D eigenvalue weighted by atomic mass is 35.5. The minimum atomic E-state index is -0.386. The molecule has 1 fully saturated rings. The van der Waals surface area contributed by atoms with Crippen molar-refractivity contribution >= 4 is 11.6 Å². The number of pyridine rings is 1. The van der Waals surface area contributed by atoms with Gasteiger partial charge in [-0.25, -0.2) is 9.37 Å². The third-order valence-electron chi connectivity index (χ3n) is 2.31. The zero-order chi connectivity index (χ0) is 9.26. The first-order valence-corrected chi connectivity index (χ1v) is 4.70. The Balaban J connectivity index is 2.33. The highest BCUT2D eigenvalue weighted by molar-refractivity contribution is 6.29. The van der Waals surface area contributed by atoms with Gasteiger partial charge in [-0.15, -0.1) is 0 Å². The molecule has 1 aliphatic heterocycles. The van der Waals surface area contributed by atoms with Crippen molar-refractivity contribution in [3.8, 4) is 0 Å². The van der Waals surface area contributed by atoms with Crippen molar-refractivity contribution in [1.82, 2.24) is 10.3 Å². The molecule has 2 heterocycles. The highest BCUT2D eigenvalue weighted by Gasteiger charge is 2.20. The summed E-state index contributed by atoms with van der Waals surface area (Å²) < 4.78 is 13.4. The summed E-state index contributed by atoms with van der Waals surface area (Å²) in [7, 11) is 0. The summed E-state index contributed by atoms with van der Waals surface area (Å²) in [5.41, 5.74) is 0.637. The van der Waals surface area contributed by atoms with Crippen LogP contribution in [0, 0.1) is 5.82 Å². The second-order valence-corrected chi connectivity index (χ2v) is 3.51. The monoisotopic (exact) mass is 200 g/mol. The maximum absolute atomic E-state index is 13.4. The molecule has 1 aromatic rings. The summed E-state index contributed by atoms with van der Waals surface area (Å²) in [4.78, 5) is 3.67. The van der Waals surface area contributed by atoms with E-state index in [1.165, 1.54) is 0 Å². The quantitative estimate of drug-likeness (QED) is 0.704. The molecule has 0 amide bonds. The van der Waals surface area contributed by atoms with Gasteiger partial charge in [0.1, 0.15) is 0 Å². The molecule has 1 aromatic heterocycles. The number of rotatable bonds is 1. The van der Waals surface area contributed by atoms with E-state index >= 15 is 0 Å². The molecule has 2 rings (SSSR count). The van der Waals surface area contributed by atoms with Crippen LogP contribution in [0.4, 0.5) is 4.39 Å². The predicted octanol–water partition coefficient (Wildman–Crippen LogP) is 2.30. The zero-order valence-corrected chi connectivity index (χ0v) is 7.81. The smallest absolute Gasteiger partial charge is 0.165 e. The number of nitrogens with zero attached hydrogens (tertiary/aromatic N) is 1. The van der Waals surface area contributed by atoms with E-state index in [2.05, 4.69) is 10.3 Å². The fourth-order valence-corrected chi connectivity index (χ4v) is 1.82. The molecule has 1 aliphatic rings. The lowest BCUT2D eigenvalue weighted by Gasteiger charge is -2.11. The summed E-state index contributed by atoms with van der Waals surface area (Å²) in [5.74, 6) is -0.386. The van der Waals surface area contributed by atoms with Gasteiger partial charge in [-0.1, -0.05) is 11.6 Å². The van der Waals surface area contributed by atoms with Gasteiger partial charge in [-0.3, -0.25) is 0 Å². The van der Waals surface area contributed by atoms with E-state index in [1.54, 1.807) is 12.3 Å². The van der Waals surface area contributed by atoms with Gasteiger partial charge in [0, 0.05) is 17.8 Å². The molecule has 1 saturated heterocycles. The lowest BCUT2D eigenvalue weighted by molar-refractivity contribution is 0.554. The summed E-state index contributed by atoms with van der Waals surface area (Å²) in [5, 5.41) is 3.18. The van der Waals surface area contributed by atoms with E-state index in [9.17, 15) is 4.39 Å². The molecule has 0 aromatic carbocycles. The third kappa shape index (κ3) is 1.67. The highest BCUT2D eigenvalue weighted by Crippen LogP contribution is 2.27. The van der Waals surface area contributed by atoms with E-state index < -0.39 is 0 Å². The van der Waals surface area contributed by atoms with Crippen molar-refractivity contribution in [2.45, 2.75) is 18.9 Å². The summed E-state index contributed by atoms with van der Waals surface area (Å²) in [6.07, 6.45) is 3.60. The number of halogens is 2. The van der Waals surface area contributed by atoms with Crippen molar-refractivity contribution in [2.75, 3.05) is 6.54 Å². The van der Waals surface area contributed by atoms with Crippen LogP contribution in [0.15, 0.2) is 12.3 Å². The number of hydrogen-bond acceptors (Lipinski definition) is 2. The van der Waals surface area contributed by atoms with Crippen LogP contribution in [0.5, 0.6) is 0 Å². The van der Waals surface area contributed by atoms with Crippen molar-refractivity contribution in [2.24, 2.45) is 0 Å². The number of aromatic nitrogens is 1. The molecule has 0 spiro atoms. The van der Waals surface area contributed by atoms with Crippen LogP contribution >= 0.6 is 11.6 Å². The second kappa shape index (κ2) is 3.60. The van der Waals surface area contributed by atoms with E-state index in [-0.39, 0.29) is 17.0 Å². The minimum absolute atomic E-state index is 0.0359. The first-order chi connectivity index (χ1) is 6.29. The maximum Gasteiger partial charge on any atom is 0.165 e. The van der Waals surface area contributed by atoms with Gasteiger partial charge >= 0.3 is 0 Å². The predicted molar refractivity (Wildman–Crippen MR) is 49.2 cm³/mol. The largest absolute Gasteiger partial charge is 0.310 e. The van der Waals surface area contributed by atoms with Crippen LogP contribution in [0.1, 0.15) is 24.4 Å². The van der Waals surface area contributed by atoms with Crippen LogP contribution in [0.2, 0.25) is 5.15 Å². The molecule has 0 radical (unpaired) electrons. The van der Waals surface area contributed by atoms with Gasteiger partial charge in [0.2, 0.25) is 0 Å². The standard InChI is InChI=1S/C9H10ClFN2/c10-9-8(11)6(3-5-13-9)7-2-1-4-12-7/h3,5,7,12H,1-2,4H2. The molecule has 1 unspecified atom stereocenters. The molecular weight excluding hydrogens is 191 g/mol. The average Bonchev–Trinajstić information content (AvgIpc) is 2.62. The molecule has 1 atom stereocenters. The molecule has 4 heteroatoms. The SMILES string of the molecule is Fc1c(C2CCCN2)ccnc1Cl. The van der Waals surface area contributed by atoms with E-state index in [0.29, 0.717) is 5.56 Å². The van der Waals surface area contributed by atoms with Crippen molar-refractivity contribution in [3.05, 3.63) is 28.8 Å². The fourth-order valence-electron chi connectivity index (χ4n) is 1.65. The molecule has 1 N–H and O–H groups in total. The Morgan fingerprint density at radius 1 is 1.62 bits per heavy atom. The number of hydrogen-bond donors (Lipinski definition) is 1. The van der Waals surface area contributed by atoms with Gasteiger partial charge in [0.25, 0.3) is 0 Å². The molecular formula is C9H10ClFN2. The lowest BCUT2D eigenvalue weighted by atomic mass is 10.1. The van der Waals surface area contributed by atoms with E-state index in [4.69, 9.17) is 11.6 Å². The first-order valence-electron chi connectivity index (χ1n) is 4.32. The molecule has 0 aliphatic carbocycles.